The Morgan fingerprint density at radius 2 is 1.13 bits per heavy atom. The maximum atomic E-state index is 6.16. The lowest BCUT2D eigenvalue weighted by atomic mass is 9.97. The molecule has 0 aromatic heterocycles. The molecular weight excluding hydrogens is 276 g/mol. The van der Waals surface area contributed by atoms with E-state index in [1.54, 1.807) is 0 Å². The molecule has 2 bridgehead atoms. The second kappa shape index (κ2) is 3.28. The highest BCUT2D eigenvalue weighted by Crippen LogP contribution is 2.52. The Morgan fingerprint density at radius 1 is 0.733 bits per heavy atom. The molecule has 0 spiro atoms. The zero-order chi connectivity index (χ0) is 10.7. The molecule has 0 saturated heterocycles. The van der Waals surface area contributed by atoms with Gasteiger partial charge in [0.15, 0.2) is 0 Å². The standard InChI is InChI=1S/C10H5Cl4N/c11-7-5-3-1-2-4(15-3)6(5)8(12)10(14)9(7)13/h1-4,15H. The number of fused-ring (bicyclic) bond motifs is 5. The Hall–Kier alpha value is 0.0800. The Kier molecular flexibility index (Phi) is 2.24. The highest BCUT2D eigenvalue weighted by molar-refractivity contribution is 6.52. The number of nitrogens with one attached hydrogen (secondary N) is 1. The van der Waals surface area contributed by atoms with Gasteiger partial charge in [0.2, 0.25) is 0 Å². The van der Waals surface area contributed by atoms with E-state index < -0.39 is 0 Å². The summed E-state index contributed by atoms with van der Waals surface area (Å²) in [5.74, 6) is 0. The molecule has 78 valence electrons. The van der Waals surface area contributed by atoms with Crippen molar-refractivity contribution in [3.05, 3.63) is 43.4 Å². The SMILES string of the molecule is Clc1c(Cl)c(Cl)c2c(c1Cl)C1C=CC2N1. The maximum Gasteiger partial charge on any atom is 0.0797 e. The predicted octanol–water partition coefficient (Wildman–Crippen LogP) is 4.56. The maximum absolute atomic E-state index is 6.16. The highest BCUT2D eigenvalue weighted by Gasteiger charge is 2.37. The fourth-order valence-corrected chi connectivity index (χ4v) is 3.28. The van der Waals surface area contributed by atoms with E-state index in [0.717, 1.165) is 11.1 Å². The van der Waals surface area contributed by atoms with Crippen LogP contribution in [-0.4, -0.2) is 0 Å². The molecule has 0 amide bonds. The van der Waals surface area contributed by atoms with E-state index in [2.05, 4.69) is 17.5 Å². The van der Waals surface area contributed by atoms with Crippen molar-refractivity contribution < 1.29 is 0 Å². The van der Waals surface area contributed by atoms with Crippen LogP contribution in [-0.2, 0) is 0 Å². The summed E-state index contributed by atoms with van der Waals surface area (Å²) in [5.41, 5.74) is 1.92. The van der Waals surface area contributed by atoms with Crippen LogP contribution in [0.1, 0.15) is 23.2 Å². The van der Waals surface area contributed by atoms with Gasteiger partial charge in [-0.3, -0.25) is 5.32 Å². The third kappa shape index (κ3) is 1.22. The molecule has 0 aliphatic carbocycles. The van der Waals surface area contributed by atoms with Crippen molar-refractivity contribution in [2.24, 2.45) is 0 Å². The van der Waals surface area contributed by atoms with Crippen molar-refractivity contribution in [1.29, 1.82) is 0 Å². The first kappa shape index (κ1) is 10.2. The summed E-state index contributed by atoms with van der Waals surface area (Å²) in [6.07, 6.45) is 4.11. The van der Waals surface area contributed by atoms with Gasteiger partial charge in [-0.2, -0.15) is 0 Å². The van der Waals surface area contributed by atoms with Gasteiger partial charge in [-0.15, -0.1) is 0 Å². The highest BCUT2D eigenvalue weighted by atomic mass is 35.5. The molecular formula is C10H5Cl4N. The predicted molar refractivity (Wildman–Crippen MR) is 64.2 cm³/mol. The Labute approximate surface area is 107 Å². The molecule has 0 saturated carbocycles. The monoisotopic (exact) mass is 279 g/mol. The minimum absolute atomic E-state index is 0.116. The number of halogens is 4. The fraction of sp³-hybridized carbons (Fsp3) is 0.200. The first-order chi connectivity index (χ1) is 7.11. The van der Waals surface area contributed by atoms with Crippen molar-refractivity contribution in [3.63, 3.8) is 0 Å². The van der Waals surface area contributed by atoms with E-state index in [-0.39, 0.29) is 12.1 Å². The van der Waals surface area contributed by atoms with E-state index in [1.807, 2.05) is 0 Å². The van der Waals surface area contributed by atoms with Crippen molar-refractivity contribution in [2.45, 2.75) is 12.1 Å². The summed E-state index contributed by atoms with van der Waals surface area (Å²) in [6, 6.07) is 0.231. The van der Waals surface area contributed by atoms with Gasteiger partial charge >= 0.3 is 0 Å². The van der Waals surface area contributed by atoms with Crippen LogP contribution in [0.15, 0.2) is 12.2 Å². The van der Waals surface area contributed by atoms with Crippen molar-refractivity contribution >= 4 is 46.4 Å². The van der Waals surface area contributed by atoms with Crippen molar-refractivity contribution in [3.8, 4) is 0 Å². The van der Waals surface area contributed by atoms with Gasteiger partial charge in [-0.1, -0.05) is 58.6 Å². The number of benzene rings is 1. The topological polar surface area (TPSA) is 12.0 Å². The van der Waals surface area contributed by atoms with Gasteiger partial charge in [0, 0.05) is 0 Å². The average Bonchev–Trinajstić information content (AvgIpc) is 2.82. The molecule has 0 radical (unpaired) electrons. The molecule has 0 fully saturated rings. The second-order valence-corrected chi connectivity index (χ2v) is 5.10. The summed E-state index contributed by atoms with van der Waals surface area (Å²) < 4.78 is 0. The first-order valence-corrected chi connectivity index (χ1v) is 5.92. The quantitative estimate of drug-likeness (QED) is 0.417. The van der Waals surface area contributed by atoms with E-state index in [1.165, 1.54) is 0 Å². The van der Waals surface area contributed by atoms with Crippen LogP contribution < -0.4 is 5.32 Å². The Bertz CT molecular complexity index is 452. The summed E-state index contributed by atoms with van der Waals surface area (Å²) in [4.78, 5) is 0. The first-order valence-electron chi connectivity index (χ1n) is 4.41. The van der Waals surface area contributed by atoms with Crippen LogP contribution in [0.3, 0.4) is 0 Å². The van der Waals surface area contributed by atoms with E-state index in [9.17, 15) is 0 Å². The van der Waals surface area contributed by atoms with Crippen LogP contribution in [0.4, 0.5) is 0 Å². The van der Waals surface area contributed by atoms with Crippen LogP contribution in [0, 0.1) is 0 Å². The van der Waals surface area contributed by atoms with Crippen LogP contribution in [0.25, 0.3) is 0 Å². The summed E-state index contributed by atoms with van der Waals surface area (Å²) in [6.45, 7) is 0. The molecule has 2 heterocycles. The van der Waals surface area contributed by atoms with Crippen LogP contribution in [0.5, 0.6) is 0 Å². The zero-order valence-electron chi connectivity index (χ0n) is 7.32. The summed E-state index contributed by atoms with van der Waals surface area (Å²) >= 11 is 24.3. The van der Waals surface area contributed by atoms with Gasteiger partial charge in [0.05, 0.1) is 32.2 Å². The van der Waals surface area contributed by atoms with E-state index in [4.69, 9.17) is 46.4 Å². The molecule has 2 atom stereocenters. The van der Waals surface area contributed by atoms with E-state index in [0.29, 0.717) is 20.1 Å². The van der Waals surface area contributed by atoms with Crippen molar-refractivity contribution in [1.82, 2.24) is 5.32 Å². The Morgan fingerprint density at radius 3 is 1.53 bits per heavy atom. The Balaban J connectivity index is 2.38. The normalized spacial score (nSPS) is 26.1. The molecule has 5 heteroatoms. The largest absolute Gasteiger partial charge is 0.296 e. The molecule has 1 aromatic rings. The van der Waals surface area contributed by atoms with Gasteiger partial charge in [0.1, 0.15) is 0 Å². The lowest BCUT2D eigenvalue weighted by Gasteiger charge is -2.15. The molecule has 2 aliphatic rings. The molecule has 1 aromatic carbocycles. The van der Waals surface area contributed by atoms with Gasteiger partial charge in [0.25, 0.3) is 0 Å². The molecule has 2 aliphatic heterocycles. The average molecular weight is 281 g/mol. The fourth-order valence-electron chi connectivity index (χ4n) is 2.16. The summed E-state index contributed by atoms with van der Waals surface area (Å²) in [7, 11) is 0. The molecule has 1 nitrogen and oxygen atoms in total. The lowest BCUT2D eigenvalue weighted by Crippen LogP contribution is -2.07. The number of rotatable bonds is 0. The number of hydrogen-bond donors (Lipinski definition) is 1. The summed E-state index contributed by atoms with van der Waals surface area (Å²) in [5, 5.41) is 5.02. The van der Waals surface area contributed by atoms with Crippen molar-refractivity contribution in [2.75, 3.05) is 0 Å². The number of hydrogen-bond acceptors (Lipinski definition) is 1. The molecule has 15 heavy (non-hydrogen) atoms. The van der Waals surface area contributed by atoms with Gasteiger partial charge in [-0.25, -0.2) is 0 Å². The third-order valence-corrected chi connectivity index (χ3v) is 4.65. The lowest BCUT2D eigenvalue weighted by molar-refractivity contribution is 0.673. The van der Waals surface area contributed by atoms with Crippen LogP contribution >= 0.6 is 46.4 Å². The molecule has 1 N–H and O–H groups in total. The molecule has 3 rings (SSSR count). The van der Waals surface area contributed by atoms with Crippen LogP contribution in [0.2, 0.25) is 20.1 Å². The van der Waals surface area contributed by atoms with E-state index >= 15 is 0 Å². The van der Waals surface area contributed by atoms with Gasteiger partial charge in [-0.05, 0) is 11.1 Å². The minimum Gasteiger partial charge on any atom is -0.296 e. The zero-order valence-corrected chi connectivity index (χ0v) is 10.3. The second-order valence-electron chi connectivity index (χ2n) is 3.59. The third-order valence-electron chi connectivity index (χ3n) is 2.82. The molecule has 2 unspecified atom stereocenters. The van der Waals surface area contributed by atoms with Gasteiger partial charge < -0.3 is 0 Å². The smallest absolute Gasteiger partial charge is 0.0797 e. The minimum atomic E-state index is 0.116.